The Morgan fingerprint density at radius 3 is 2.83 bits per heavy atom. The van der Waals surface area contributed by atoms with Crippen LogP contribution in [0, 0.1) is 0 Å². The average molecular weight is 245 g/mol. The van der Waals surface area contributed by atoms with E-state index < -0.39 is 0 Å². The molecule has 1 unspecified atom stereocenters. The highest BCUT2D eigenvalue weighted by atomic mass is 16.5. The van der Waals surface area contributed by atoms with Gasteiger partial charge in [-0.05, 0) is 18.6 Å². The van der Waals surface area contributed by atoms with Gasteiger partial charge in [0, 0.05) is 11.3 Å². The molecule has 0 saturated carbocycles. The molecule has 96 valence electrons. The third kappa shape index (κ3) is 2.11. The Balaban J connectivity index is 2.69. The Morgan fingerprint density at radius 1 is 1.44 bits per heavy atom. The van der Waals surface area contributed by atoms with Crippen molar-refractivity contribution in [2.45, 2.75) is 26.2 Å². The SMILES string of the molecule is CCC(C)c1nc2c(OC)cccc2cc1NN. The van der Waals surface area contributed by atoms with Crippen molar-refractivity contribution in [3.63, 3.8) is 0 Å². The minimum Gasteiger partial charge on any atom is -0.494 e. The minimum absolute atomic E-state index is 0.352. The number of nitrogens with two attached hydrogens (primary N) is 1. The van der Waals surface area contributed by atoms with E-state index in [9.17, 15) is 0 Å². The zero-order valence-corrected chi connectivity index (χ0v) is 11.0. The molecule has 0 spiro atoms. The Morgan fingerprint density at radius 2 is 2.22 bits per heavy atom. The molecule has 0 bridgehead atoms. The summed E-state index contributed by atoms with van der Waals surface area (Å²) < 4.78 is 5.36. The third-order valence-corrected chi connectivity index (χ3v) is 3.29. The average Bonchev–Trinajstić information content (AvgIpc) is 2.44. The standard InChI is InChI=1S/C14H19N3O/c1-4-9(2)13-11(17-15)8-10-6-5-7-12(18-3)14(10)16-13/h5-9,17H,4,15H2,1-3H3. The van der Waals surface area contributed by atoms with Gasteiger partial charge < -0.3 is 10.2 Å². The summed E-state index contributed by atoms with van der Waals surface area (Å²) in [7, 11) is 1.66. The molecule has 1 atom stereocenters. The summed E-state index contributed by atoms with van der Waals surface area (Å²) in [4.78, 5) is 4.72. The number of benzene rings is 1. The summed E-state index contributed by atoms with van der Waals surface area (Å²) in [5.74, 6) is 6.73. The molecule has 0 aliphatic rings. The predicted molar refractivity (Wildman–Crippen MR) is 74.8 cm³/mol. The van der Waals surface area contributed by atoms with Crippen molar-refractivity contribution in [3.05, 3.63) is 30.0 Å². The van der Waals surface area contributed by atoms with E-state index in [1.165, 1.54) is 0 Å². The third-order valence-electron chi connectivity index (χ3n) is 3.29. The molecular weight excluding hydrogens is 226 g/mol. The van der Waals surface area contributed by atoms with Crippen LogP contribution in [0.15, 0.2) is 24.3 Å². The normalized spacial score (nSPS) is 12.4. The molecule has 0 aliphatic heterocycles. The molecule has 2 rings (SSSR count). The first-order valence-corrected chi connectivity index (χ1v) is 6.15. The largest absolute Gasteiger partial charge is 0.494 e. The number of methoxy groups -OCH3 is 1. The lowest BCUT2D eigenvalue weighted by atomic mass is 10.0. The first kappa shape index (κ1) is 12.6. The maximum atomic E-state index is 5.58. The number of para-hydroxylation sites is 1. The second kappa shape index (κ2) is 5.23. The van der Waals surface area contributed by atoms with Crippen LogP contribution in [-0.2, 0) is 0 Å². The van der Waals surface area contributed by atoms with E-state index in [0.717, 1.165) is 34.5 Å². The zero-order chi connectivity index (χ0) is 13.1. The van der Waals surface area contributed by atoms with Crippen LogP contribution in [0.5, 0.6) is 5.75 Å². The molecule has 0 amide bonds. The van der Waals surface area contributed by atoms with Crippen LogP contribution in [0.2, 0.25) is 0 Å². The number of rotatable bonds is 4. The monoisotopic (exact) mass is 245 g/mol. The van der Waals surface area contributed by atoms with Crippen molar-refractivity contribution in [1.82, 2.24) is 4.98 Å². The summed E-state index contributed by atoms with van der Waals surface area (Å²) in [6.07, 6.45) is 1.02. The van der Waals surface area contributed by atoms with Crippen LogP contribution in [0.3, 0.4) is 0 Å². The topological polar surface area (TPSA) is 60.2 Å². The van der Waals surface area contributed by atoms with E-state index in [2.05, 4.69) is 19.3 Å². The van der Waals surface area contributed by atoms with E-state index in [4.69, 9.17) is 15.6 Å². The van der Waals surface area contributed by atoms with Gasteiger partial charge >= 0.3 is 0 Å². The van der Waals surface area contributed by atoms with Crippen LogP contribution < -0.4 is 16.0 Å². The van der Waals surface area contributed by atoms with Gasteiger partial charge in [0.25, 0.3) is 0 Å². The van der Waals surface area contributed by atoms with Crippen molar-refractivity contribution in [1.29, 1.82) is 0 Å². The Kier molecular flexibility index (Phi) is 3.67. The van der Waals surface area contributed by atoms with Gasteiger partial charge in [0.1, 0.15) is 11.3 Å². The van der Waals surface area contributed by atoms with Crippen molar-refractivity contribution >= 4 is 16.6 Å². The number of hydrazine groups is 1. The molecular formula is C14H19N3O. The highest BCUT2D eigenvalue weighted by Crippen LogP contribution is 2.31. The van der Waals surface area contributed by atoms with E-state index >= 15 is 0 Å². The molecule has 3 N–H and O–H groups in total. The number of nitrogens with zero attached hydrogens (tertiary/aromatic N) is 1. The second-order valence-corrected chi connectivity index (χ2v) is 4.41. The Labute approximate surface area is 107 Å². The molecule has 4 heteroatoms. The first-order chi connectivity index (χ1) is 8.71. The van der Waals surface area contributed by atoms with Gasteiger partial charge in [0.05, 0.1) is 18.5 Å². The lowest BCUT2D eigenvalue weighted by Crippen LogP contribution is -2.12. The fourth-order valence-electron chi connectivity index (χ4n) is 2.03. The van der Waals surface area contributed by atoms with E-state index in [-0.39, 0.29) is 0 Å². The maximum Gasteiger partial charge on any atom is 0.145 e. The number of hydrogen-bond acceptors (Lipinski definition) is 4. The second-order valence-electron chi connectivity index (χ2n) is 4.41. The quantitative estimate of drug-likeness (QED) is 0.642. The Hall–Kier alpha value is -1.81. The van der Waals surface area contributed by atoms with Crippen LogP contribution in [-0.4, -0.2) is 12.1 Å². The summed E-state index contributed by atoms with van der Waals surface area (Å²) in [6, 6.07) is 7.90. The number of pyridine rings is 1. The van der Waals surface area contributed by atoms with Crippen LogP contribution in [0.25, 0.3) is 10.9 Å². The molecule has 0 aliphatic carbocycles. The van der Waals surface area contributed by atoms with Gasteiger partial charge in [0.2, 0.25) is 0 Å². The molecule has 0 saturated heterocycles. The number of nitrogens with one attached hydrogen (secondary N) is 1. The van der Waals surface area contributed by atoms with Crippen molar-refractivity contribution in [2.75, 3.05) is 12.5 Å². The number of nitrogen functional groups attached to an aromatic ring is 1. The van der Waals surface area contributed by atoms with Gasteiger partial charge in [-0.2, -0.15) is 0 Å². The van der Waals surface area contributed by atoms with E-state index in [1.807, 2.05) is 24.3 Å². The highest BCUT2D eigenvalue weighted by Gasteiger charge is 2.13. The first-order valence-electron chi connectivity index (χ1n) is 6.15. The highest BCUT2D eigenvalue weighted by molar-refractivity contribution is 5.87. The molecule has 0 radical (unpaired) electrons. The molecule has 1 heterocycles. The van der Waals surface area contributed by atoms with Gasteiger partial charge in [-0.25, -0.2) is 4.98 Å². The molecule has 2 aromatic rings. The predicted octanol–water partition coefficient (Wildman–Crippen LogP) is 3.04. The number of hydrogen-bond donors (Lipinski definition) is 2. The van der Waals surface area contributed by atoms with Crippen molar-refractivity contribution in [3.8, 4) is 5.75 Å². The molecule has 1 aromatic heterocycles. The van der Waals surface area contributed by atoms with Crippen LogP contribution in [0.4, 0.5) is 5.69 Å². The maximum absolute atomic E-state index is 5.58. The van der Waals surface area contributed by atoms with E-state index in [1.54, 1.807) is 7.11 Å². The van der Waals surface area contributed by atoms with Gasteiger partial charge in [-0.15, -0.1) is 0 Å². The summed E-state index contributed by atoms with van der Waals surface area (Å²) in [5, 5.41) is 1.02. The minimum atomic E-state index is 0.352. The number of aromatic nitrogens is 1. The van der Waals surface area contributed by atoms with E-state index in [0.29, 0.717) is 5.92 Å². The van der Waals surface area contributed by atoms with Gasteiger partial charge in [-0.1, -0.05) is 26.0 Å². The molecule has 18 heavy (non-hydrogen) atoms. The molecule has 1 aromatic carbocycles. The Bertz CT molecular complexity index is 554. The van der Waals surface area contributed by atoms with Gasteiger partial charge in [-0.3, -0.25) is 5.84 Å². The van der Waals surface area contributed by atoms with Crippen LogP contribution >= 0.6 is 0 Å². The lowest BCUT2D eigenvalue weighted by molar-refractivity contribution is 0.418. The molecule has 0 fully saturated rings. The summed E-state index contributed by atoms with van der Waals surface area (Å²) in [5.41, 5.74) is 5.48. The fourth-order valence-corrected chi connectivity index (χ4v) is 2.03. The number of anilines is 1. The fraction of sp³-hybridized carbons (Fsp3) is 0.357. The number of fused-ring (bicyclic) bond motifs is 1. The van der Waals surface area contributed by atoms with Crippen molar-refractivity contribution < 1.29 is 4.74 Å². The number of ether oxygens (including phenoxy) is 1. The molecule has 4 nitrogen and oxygen atoms in total. The summed E-state index contributed by atoms with van der Waals surface area (Å²) in [6.45, 7) is 4.28. The van der Waals surface area contributed by atoms with Crippen molar-refractivity contribution in [2.24, 2.45) is 5.84 Å². The van der Waals surface area contributed by atoms with Gasteiger partial charge in [0.15, 0.2) is 0 Å². The van der Waals surface area contributed by atoms with Crippen LogP contribution in [0.1, 0.15) is 31.9 Å². The lowest BCUT2D eigenvalue weighted by Gasteiger charge is -2.15. The summed E-state index contributed by atoms with van der Waals surface area (Å²) >= 11 is 0. The smallest absolute Gasteiger partial charge is 0.145 e. The zero-order valence-electron chi connectivity index (χ0n) is 11.0.